The van der Waals surface area contributed by atoms with Crippen molar-refractivity contribution in [2.45, 2.75) is 39.8 Å². The molecule has 1 fully saturated rings. The van der Waals surface area contributed by atoms with Crippen LogP contribution in [0.3, 0.4) is 0 Å². The van der Waals surface area contributed by atoms with Gasteiger partial charge in [-0.2, -0.15) is 19.3 Å². The predicted molar refractivity (Wildman–Crippen MR) is 208 cm³/mol. The number of aryl methyl sites for hydroxylation is 2. The van der Waals surface area contributed by atoms with Gasteiger partial charge in [-0.15, -0.1) is 10.2 Å². The molecule has 2 unspecified atom stereocenters. The molecule has 0 bridgehead atoms. The number of anilines is 2. The number of piperazine rings is 1. The highest BCUT2D eigenvalue weighted by Gasteiger charge is 2.36. The summed E-state index contributed by atoms with van der Waals surface area (Å²) in [7, 11) is 0. The smallest absolute Gasteiger partial charge is 0.289 e. The van der Waals surface area contributed by atoms with Crippen molar-refractivity contribution in [1.29, 1.82) is 0 Å². The van der Waals surface area contributed by atoms with Crippen molar-refractivity contribution in [3.8, 4) is 22.7 Å². The van der Waals surface area contributed by atoms with Gasteiger partial charge in [0.2, 0.25) is 11.9 Å². The summed E-state index contributed by atoms with van der Waals surface area (Å²) < 4.78 is 6.46. The van der Waals surface area contributed by atoms with Crippen molar-refractivity contribution < 1.29 is 0 Å². The first-order chi connectivity index (χ1) is 26.3. The van der Waals surface area contributed by atoms with E-state index in [4.69, 9.17) is 9.97 Å². The van der Waals surface area contributed by atoms with Gasteiger partial charge in [-0.05, 0) is 76.2 Å². The van der Waals surface area contributed by atoms with E-state index in [1.54, 1.807) is 18.5 Å². The van der Waals surface area contributed by atoms with Crippen LogP contribution in [0, 0.1) is 13.8 Å². The van der Waals surface area contributed by atoms with E-state index in [0.717, 1.165) is 22.5 Å². The number of fused-ring (bicyclic) bond motifs is 2. The van der Waals surface area contributed by atoms with Gasteiger partial charge in [0.1, 0.15) is 0 Å². The zero-order valence-corrected chi connectivity index (χ0v) is 30.1. The van der Waals surface area contributed by atoms with Crippen LogP contribution >= 0.6 is 0 Å². The molecule has 2 atom stereocenters. The van der Waals surface area contributed by atoms with E-state index in [2.05, 4.69) is 44.3 Å². The number of benzene rings is 4. The van der Waals surface area contributed by atoms with Gasteiger partial charge < -0.3 is 9.80 Å². The summed E-state index contributed by atoms with van der Waals surface area (Å²) in [6, 6.07) is 34.3. The second kappa shape index (κ2) is 12.9. The van der Waals surface area contributed by atoms with Gasteiger partial charge in [0.05, 0.1) is 22.7 Å². The first kappa shape index (κ1) is 32.9. The quantitative estimate of drug-likeness (QED) is 0.232. The minimum Gasteiger partial charge on any atom is -0.335 e. The van der Waals surface area contributed by atoms with Crippen molar-refractivity contribution in [2.24, 2.45) is 0 Å². The molecule has 0 N–H and O–H groups in total. The molecule has 0 aliphatic carbocycles. The van der Waals surface area contributed by atoms with E-state index >= 15 is 0 Å². The summed E-state index contributed by atoms with van der Waals surface area (Å²) in [5, 5.41) is 17.3. The standard InChI is InChI=1S/C40H36N12O2/c1-25-15-19-29(20-16-25)49-37(53)33-35(51(45-43-33)31-11-7-5-8-12-31)41-39(49)47-23-28(4)48(24-27(47)3)40-42-36-34(44-46-52(36)32-13-9-6-10-14-32)38(54)50(40)30-21-17-26(2)18-22-30/h5-22,27-28H,23-24H2,1-4H3. The van der Waals surface area contributed by atoms with Gasteiger partial charge in [-0.1, -0.05) is 82.2 Å². The molecule has 1 aliphatic heterocycles. The van der Waals surface area contributed by atoms with Crippen molar-refractivity contribution in [3.63, 3.8) is 0 Å². The number of hydrogen-bond donors (Lipinski definition) is 0. The Hall–Kier alpha value is -6.96. The third kappa shape index (κ3) is 5.41. The SMILES string of the molecule is Cc1ccc(-n2c(N3CC(C)N(c4nc5c(nnn5-c5ccccc5)c(=O)n4-c4ccc(C)cc4)CC3C)nc3c(nnn3-c3ccccc3)c2=O)cc1. The molecule has 14 nitrogen and oxygen atoms in total. The van der Waals surface area contributed by atoms with Gasteiger partial charge in [-0.25, -0.2) is 9.13 Å². The largest absolute Gasteiger partial charge is 0.335 e. The Balaban J connectivity index is 1.19. The van der Waals surface area contributed by atoms with Crippen LogP contribution in [0.4, 0.5) is 11.9 Å². The number of aromatic nitrogens is 10. The van der Waals surface area contributed by atoms with Crippen LogP contribution < -0.4 is 20.9 Å². The monoisotopic (exact) mass is 716 g/mol. The average molecular weight is 717 g/mol. The number of rotatable bonds is 6. The molecule has 0 amide bonds. The van der Waals surface area contributed by atoms with Crippen LogP contribution in [-0.4, -0.2) is 74.3 Å². The Morgan fingerprint density at radius 1 is 0.500 bits per heavy atom. The van der Waals surface area contributed by atoms with Crippen molar-refractivity contribution in [3.05, 3.63) is 141 Å². The van der Waals surface area contributed by atoms with Gasteiger partial charge in [-0.3, -0.25) is 9.59 Å². The lowest BCUT2D eigenvalue weighted by Crippen LogP contribution is -2.59. The second-order valence-electron chi connectivity index (χ2n) is 13.8. The third-order valence-corrected chi connectivity index (χ3v) is 10.0. The highest BCUT2D eigenvalue weighted by Crippen LogP contribution is 2.30. The third-order valence-electron chi connectivity index (χ3n) is 10.0. The van der Waals surface area contributed by atoms with E-state index in [-0.39, 0.29) is 34.2 Å². The van der Waals surface area contributed by atoms with E-state index in [9.17, 15) is 9.59 Å². The summed E-state index contributed by atoms with van der Waals surface area (Å²) in [6.45, 7) is 9.10. The summed E-state index contributed by atoms with van der Waals surface area (Å²) in [4.78, 5) is 43.4. The fraction of sp³-hybridized carbons (Fsp3) is 0.200. The molecular weight excluding hydrogens is 681 g/mol. The van der Waals surface area contributed by atoms with Gasteiger partial charge in [0, 0.05) is 25.2 Å². The van der Waals surface area contributed by atoms with Crippen molar-refractivity contribution in [2.75, 3.05) is 22.9 Å². The molecule has 268 valence electrons. The summed E-state index contributed by atoms with van der Waals surface area (Å²) in [5.41, 5.74) is 5.44. The first-order valence-corrected chi connectivity index (χ1v) is 17.8. The Morgan fingerprint density at radius 3 is 1.24 bits per heavy atom. The highest BCUT2D eigenvalue weighted by molar-refractivity contribution is 5.75. The normalized spacial score (nSPS) is 16.1. The fourth-order valence-corrected chi connectivity index (χ4v) is 7.12. The summed E-state index contributed by atoms with van der Waals surface area (Å²) in [6.07, 6.45) is 0. The minimum absolute atomic E-state index is 0.172. The number of hydrogen-bond acceptors (Lipinski definition) is 10. The summed E-state index contributed by atoms with van der Waals surface area (Å²) >= 11 is 0. The molecule has 1 saturated heterocycles. The molecule has 14 heteroatoms. The molecular formula is C40H36N12O2. The van der Waals surface area contributed by atoms with Crippen LogP contribution in [-0.2, 0) is 0 Å². The molecule has 0 radical (unpaired) electrons. The lowest BCUT2D eigenvalue weighted by Gasteiger charge is -2.45. The van der Waals surface area contributed by atoms with Crippen molar-refractivity contribution >= 4 is 34.2 Å². The lowest BCUT2D eigenvalue weighted by atomic mass is 10.1. The summed E-state index contributed by atoms with van der Waals surface area (Å²) in [5.74, 6) is 0.945. The van der Waals surface area contributed by atoms with Crippen LogP contribution in [0.1, 0.15) is 25.0 Å². The minimum atomic E-state index is -0.315. The molecule has 0 saturated carbocycles. The average Bonchev–Trinajstić information content (AvgIpc) is 3.83. The van der Waals surface area contributed by atoms with E-state index in [1.165, 1.54) is 0 Å². The van der Waals surface area contributed by atoms with Gasteiger partial charge >= 0.3 is 0 Å². The molecule has 1 aliphatic rings. The zero-order chi connectivity index (χ0) is 37.1. The molecule has 4 aromatic heterocycles. The van der Waals surface area contributed by atoms with E-state index in [1.807, 2.05) is 123 Å². The van der Waals surface area contributed by atoms with Crippen LogP contribution in [0.25, 0.3) is 45.1 Å². The predicted octanol–water partition coefficient (Wildman–Crippen LogP) is 4.97. The fourth-order valence-electron chi connectivity index (χ4n) is 7.12. The topological polar surface area (TPSA) is 138 Å². The van der Waals surface area contributed by atoms with Gasteiger partial charge in [0.15, 0.2) is 22.3 Å². The van der Waals surface area contributed by atoms with Crippen LogP contribution in [0.5, 0.6) is 0 Å². The maximum absolute atomic E-state index is 14.4. The highest BCUT2D eigenvalue weighted by atomic mass is 16.1. The van der Waals surface area contributed by atoms with E-state index in [0.29, 0.717) is 47.7 Å². The maximum Gasteiger partial charge on any atom is 0.289 e. The number of nitrogens with zero attached hydrogens (tertiary/aromatic N) is 12. The Kier molecular flexibility index (Phi) is 7.87. The Bertz CT molecular complexity index is 2580. The van der Waals surface area contributed by atoms with Crippen LogP contribution in [0.2, 0.25) is 0 Å². The number of para-hydroxylation sites is 2. The molecule has 54 heavy (non-hydrogen) atoms. The lowest BCUT2D eigenvalue weighted by molar-refractivity contribution is 0.461. The second-order valence-corrected chi connectivity index (χ2v) is 13.8. The first-order valence-electron chi connectivity index (χ1n) is 17.8. The maximum atomic E-state index is 14.4. The zero-order valence-electron chi connectivity index (χ0n) is 30.1. The van der Waals surface area contributed by atoms with E-state index < -0.39 is 0 Å². The Morgan fingerprint density at radius 2 is 0.870 bits per heavy atom. The molecule has 0 spiro atoms. The van der Waals surface area contributed by atoms with Gasteiger partial charge in [0.25, 0.3) is 11.1 Å². The van der Waals surface area contributed by atoms with Crippen LogP contribution in [0.15, 0.2) is 119 Å². The molecule has 4 aromatic carbocycles. The Labute approximate surface area is 309 Å². The molecule has 9 rings (SSSR count). The molecule has 5 heterocycles. The molecule has 8 aromatic rings. The van der Waals surface area contributed by atoms with Crippen molar-refractivity contribution in [1.82, 2.24) is 49.1 Å².